The fraction of sp³-hybridized carbons (Fsp3) is 0.231. The van der Waals surface area contributed by atoms with E-state index in [9.17, 15) is 0 Å². The SMILES string of the molecule is N=C(N)c1cccc(/C(=C/N)C2=NCCNC2)c1. The second-order valence-electron chi connectivity index (χ2n) is 4.08. The second kappa shape index (κ2) is 5.46. The van der Waals surface area contributed by atoms with Crippen LogP contribution < -0.4 is 16.8 Å². The number of hydrogen-bond acceptors (Lipinski definition) is 4. The topological polar surface area (TPSA) is 100 Å². The molecule has 1 aromatic rings. The van der Waals surface area contributed by atoms with Crippen molar-refractivity contribution in [1.29, 1.82) is 5.41 Å². The van der Waals surface area contributed by atoms with Gasteiger partial charge in [-0.3, -0.25) is 10.4 Å². The van der Waals surface area contributed by atoms with Crippen LogP contribution in [0.4, 0.5) is 0 Å². The van der Waals surface area contributed by atoms with E-state index in [2.05, 4.69) is 10.3 Å². The Kier molecular flexibility index (Phi) is 3.74. The predicted molar refractivity (Wildman–Crippen MR) is 74.8 cm³/mol. The van der Waals surface area contributed by atoms with Crippen molar-refractivity contribution in [2.45, 2.75) is 0 Å². The molecule has 1 heterocycles. The molecule has 0 radical (unpaired) electrons. The average molecular weight is 243 g/mol. The third-order valence-corrected chi connectivity index (χ3v) is 2.85. The first kappa shape index (κ1) is 12.3. The Morgan fingerprint density at radius 2 is 2.17 bits per heavy atom. The van der Waals surface area contributed by atoms with Crippen LogP contribution in [-0.4, -0.2) is 31.2 Å². The molecule has 5 nitrogen and oxygen atoms in total. The number of nitrogens with one attached hydrogen (secondary N) is 2. The lowest BCUT2D eigenvalue weighted by molar-refractivity contribution is 0.739. The fourth-order valence-corrected chi connectivity index (χ4v) is 1.93. The van der Waals surface area contributed by atoms with Crippen molar-refractivity contribution in [1.82, 2.24) is 5.32 Å². The first-order valence-corrected chi connectivity index (χ1v) is 5.83. The summed E-state index contributed by atoms with van der Waals surface area (Å²) in [5, 5.41) is 10.7. The van der Waals surface area contributed by atoms with Crippen LogP contribution in [0.5, 0.6) is 0 Å². The van der Waals surface area contributed by atoms with Gasteiger partial charge in [0.15, 0.2) is 0 Å². The summed E-state index contributed by atoms with van der Waals surface area (Å²) in [4.78, 5) is 4.47. The van der Waals surface area contributed by atoms with Crippen LogP contribution in [-0.2, 0) is 0 Å². The minimum atomic E-state index is 0.0527. The molecule has 0 aliphatic carbocycles. The first-order valence-electron chi connectivity index (χ1n) is 5.83. The largest absolute Gasteiger partial charge is 0.404 e. The predicted octanol–water partition coefficient (Wildman–Crippen LogP) is 0.314. The maximum atomic E-state index is 7.46. The Morgan fingerprint density at radius 3 is 2.78 bits per heavy atom. The molecule has 0 spiro atoms. The molecule has 0 fully saturated rings. The van der Waals surface area contributed by atoms with Crippen LogP contribution in [0.25, 0.3) is 5.57 Å². The van der Waals surface area contributed by atoms with Crippen molar-refractivity contribution in [2.24, 2.45) is 16.5 Å². The summed E-state index contributed by atoms with van der Waals surface area (Å²) >= 11 is 0. The molecule has 0 atom stereocenters. The van der Waals surface area contributed by atoms with E-state index in [0.717, 1.165) is 29.9 Å². The zero-order chi connectivity index (χ0) is 13.0. The molecule has 2 rings (SSSR count). The third-order valence-electron chi connectivity index (χ3n) is 2.85. The molecular formula is C13H17N5. The van der Waals surface area contributed by atoms with E-state index in [0.29, 0.717) is 12.1 Å². The van der Waals surface area contributed by atoms with Gasteiger partial charge in [0.25, 0.3) is 0 Å². The van der Waals surface area contributed by atoms with Gasteiger partial charge in [0.2, 0.25) is 0 Å². The number of nitrogens with zero attached hydrogens (tertiary/aromatic N) is 1. The summed E-state index contributed by atoms with van der Waals surface area (Å²) in [6, 6.07) is 7.48. The van der Waals surface area contributed by atoms with Gasteiger partial charge >= 0.3 is 0 Å². The number of nitrogen functional groups attached to an aromatic ring is 1. The molecule has 1 aromatic carbocycles. The minimum Gasteiger partial charge on any atom is -0.404 e. The molecular weight excluding hydrogens is 226 g/mol. The van der Waals surface area contributed by atoms with Gasteiger partial charge in [0.1, 0.15) is 5.84 Å². The molecule has 18 heavy (non-hydrogen) atoms. The average Bonchev–Trinajstić information content (AvgIpc) is 2.41. The minimum absolute atomic E-state index is 0.0527. The van der Waals surface area contributed by atoms with E-state index in [-0.39, 0.29) is 5.84 Å². The monoisotopic (exact) mass is 243 g/mol. The van der Waals surface area contributed by atoms with Crippen molar-refractivity contribution in [3.63, 3.8) is 0 Å². The smallest absolute Gasteiger partial charge is 0.122 e. The van der Waals surface area contributed by atoms with Crippen molar-refractivity contribution in [3.8, 4) is 0 Å². The summed E-state index contributed by atoms with van der Waals surface area (Å²) < 4.78 is 0. The summed E-state index contributed by atoms with van der Waals surface area (Å²) in [6.45, 7) is 2.38. The van der Waals surface area contributed by atoms with Crippen LogP contribution in [0.15, 0.2) is 35.5 Å². The van der Waals surface area contributed by atoms with Crippen LogP contribution in [0.1, 0.15) is 11.1 Å². The molecule has 0 saturated carbocycles. The van der Waals surface area contributed by atoms with Gasteiger partial charge in [-0.15, -0.1) is 0 Å². The van der Waals surface area contributed by atoms with Crippen LogP contribution >= 0.6 is 0 Å². The van der Waals surface area contributed by atoms with Crippen molar-refractivity contribution in [2.75, 3.05) is 19.6 Å². The van der Waals surface area contributed by atoms with Crippen LogP contribution in [0, 0.1) is 5.41 Å². The zero-order valence-electron chi connectivity index (χ0n) is 10.1. The third kappa shape index (κ3) is 2.57. The van der Waals surface area contributed by atoms with Gasteiger partial charge in [0, 0.05) is 30.4 Å². The molecule has 1 aliphatic rings. The summed E-state index contributed by atoms with van der Waals surface area (Å²) in [5.41, 5.74) is 14.7. The number of rotatable bonds is 3. The van der Waals surface area contributed by atoms with Crippen LogP contribution in [0.2, 0.25) is 0 Å². The Bertz CT molecular complexity index is 516. The van der Waals surface area contributed by atoms with Gasteiger partial charge in [-0.05, 0) is 11.6 Å². The molecule has 0 amide bonds. The normalized spacial score (nSPS) is 16.2. The second-order valence-corrected chi connectivity index (χ2v) is 4.08. The van der Waals surface area contributed by atoms with Gasteiger partial charge in [-0.1, -0.05) is 18.2 Å². The van der Waals surface area contributed by atoms with Gasteiger partial charge < -0.3 is 16.8 Å². The Morgan fingerprint density at radius 1 is 1.39 bits per heavy atom. The lowest BCUT2D eigenvalue weighted by Crippen LogP contribution is -2.31. The number of amidine groups is 1. The number of benzene rings is 1. The Hall–Kier alpha value is -2.14. The summed E-state index contributed by atoms with van der Waals surface area (Å²) in [7, 11) is 0. The lowest BCUT2D eigenvalue weighted by atomic mass is 9.99. The van der Waals surface area contributed by atoms with E-state index in [4.69, 9.17) is 16.9 Å². The highest BCUT2D eigenvalue weighted by atomic mass is 15.0. The highest BCUT2D eigenvalue weighted by Crippen LogP contribution is 2.17. The molecule has 0 unspecified atom stereocenters. The molecule has 94 valence electrons. The molecule has 6 N–H and O–H groups in total. The maximum absolute atomic E-state index is 7.46. The summed E-state index contributed by atoms with van der Waals surface area (Å²) in [5.74, 6) is 0.0527. The molecule has 1 aliphatic heterocycles. The number of hydrogen-bond donors (Lipinski definition) is 4. The molecule has 0 saturated heterocycles. The van der Waals surface area contributed by atoms with Gasteiger partial charge in [-0.25, -0.2) is 0 Å². The first-order chi connectivity index (χ1) is 8.72. The highest BCUT2D eigenvalue weighted by molar-refractivity contribution is 6.25. The van der Waals surface area contributed by atoms with Crippen molar-refractivity contribution < 1.29 is 0 Å². The number of nitrogens with two attached hydrogens (primary N) is 2. The fourth-order valence-electron chi connectivity index (χ4n) is 1.93. The van der Waals surface area contributed by atoms with Crippen molar-refractivity contribution >= 4 is 17.1 Å². The van der Waals surface area contributed by atoms with E-state index < -0.39 is 0 Å². The Labute approximate surface area is 106 Å². The maximum Gasteiger partial charge on any atom is 0.122 e. The molecule has 5 heteroatoms. The summed E-state index contributed by atoms with van der Waals surface area (Å²) in [6.07, 6.45) is 1.56. The van der Waals surface area contributed by atoms with E-state index in [1.807, 2.05) is 18.2 Å². The standard InChI is InChI=1S/C13H17N5/c14-7-11(12-8-17-4-5-18-12)9-2-1-3-10(6-9)13(15)16/h1-3,6-7,17H,4-5,8,14H2,(H3,15,16)/b11-7-. The van der Waals surface area contributed by atoms with E-state index >= 15 is 0 Å². The highest BCUT2D eigenvalue weighted by Gasteiger charge is 2.12. The van der Waals surface area contributed by atoms with Gasteiger partial charge in [-0.2, -0.15) is 0 Å². The Balaban J connectivity index is 2.36. The van der Waals surface area contributed by atoms with Crippen molar-refractivity contribution in [3.05, 3.63) is 41.6 Å². The van der Waals surface area contributed by atoms with E-state index in [1.54, 1.807) is 12.3 Å². The molecule has 0 bridgehead atoms. The zero-order valence-corrected chi connectivity index (χ0v) is 10.1. The van der Waals surface area contributed by atoms with Crippen LogP contribution in [0.3, 0.4) is 0 Å². The number of aliphatic imine (C=N–C) groups is 1. The lowest BCUT2D eigenvalue weighted by Gasteiger charge is -2.16. The quantitative estimate of drug-likeness (QED) is 0.454. The van der Waals surface area contributed by atoms with E-state index in [1.165, 1.54) is 0 Å². The molecule has 0 aromatic heterocycles. The van der Waals surface area contributed by atoms with Gasteiger partial charge in [0.05, 0.1) is 12.3 Å².